The van der Waals surface area contributed by atoms with Crippen LogP contribution in [0, 0.1) is 0 Å². The molecule has 0 unspecified atom stereocenters. The second kappa shape index (κ2) is 6.39. The Bertz CT molecular complexity index is 250. The fourth-order valence-corrected chi connectivity index (χ4v) is 0.977. The summed E-state index contributed by atoms with van der Waals surface area (Å²) >= 11 is 0. The van der Waals surface area contributed by atoms with Gasteiger partial charge in [0.2, 0.25) is 0 Å². The lowest BCUT2D eigenvalue weighted by molar-refractivity contribution is 0.0705. The largest absolute Gasteiger partial charge is 0.488 e. The fraction of sp³-hybridized carbons (Fsp3) is 0.667. The lowest BCUT2D eigenvalue weighted by Crippen LogP contribution is -2.08. The molecule has 0 radical (unpaired) electrons. The van der Waals surface area contributed by atoms with Gasteiger partial charge in [-0.2, -0.15) is 5.10 Å². The highest BCUT2D eigenvalue weighted by Crippen LogP contribution is 2.07. The molecule has 0 amide bonds. The minimum absolute atomic E-state index is 0.0494. The molecule has 0 saturated carbocycles. The number of rotatable bonds is 7. The Balaban J connectivity index is 2.12. The molecule has 0 aromatic carbocycles. The van der Waals surface area contributed by atoms with Crippen LogP contribution in [0.2, 0.25) is 0 Å². The Kier molecular flexibility index (Phi) is 5.03. The molecule has 1 aromatic rings. The summed E-state index contributed by atoms with van der Waals surface area (Å²) in [6.45, 7) is 4.23. The van der Waals surface area contributed by atoms with Gasteiger partial charge in [0.25, 0.3) is 0 Å². The molecule has 0 aliphatic heterocycles. The summed E-state index contributed by atoms with van der Waals surface area (Å²) in [5, 5.41) is 12.5. The SMILES string of the molecule is CCn1cc(OCCOCCO)cn1. The highest BCUT2D eigenvalue weighted by Gasteiger charge is 1.97. The summed E-state index contributed by atoms with van der Waals surface area (Å²) in [5.41, 5.74) is 0. The maximum Gasteiger partial charge on any atom is 0.157 e. The maximum atomic E-state index is 8.44. The molecule has 14 heavy (non-hydrogen) atoms. The van der Waals surface area contributed by atoms with Gasteiger partial charge in [-0.05, 0) is 6.92 Å². The van der Waals surface area contributed by atoms with Crippen LogP contribution in [0.5, 0.6) is 5.75 Å². The number of aliphatic hydroxyl groups is 1. The topological polar surface area (TPSA) is 56.5 Å². The van der Waals surface area contributed by atoms with Crippen molar-refractivity contribution in [2.75, 3.05) is 26.4 Å². The van der Waals surface area contributed by atoms with Gasteiger partial charge in [-0.1, -0.05) is 0 Å². The predicted octanol–water partition coefficient (Wildman–Crippen LogP) is 0.291. The monoisotopic (exact) mass is 200 g/mol. The predicted molar refractivity (Wildman–Crippen MR) is 51.3 cm³/mol. The molecule has 1 aromatic heterocycles. The van der Waals surface area contributed by atoms with Crippen molar-refractivity contribution in [2.45, 2.75) is 13.5 Å². The van der Waals surface area contributed by atoms with E-state index >= 15 is 0 Å². The average Bonchev–Trinajstić information content (AvgIpc) is 2.65. The van der Waals surface area contributed by atoms with E-state index in [0.29, 0.717) is 19.8 Å². The van der Waals surface area contributed by atoms with Gasteiger partial charge in [-0.3, -0.25) is 4.68 Å². The number of nitrogens with zero attached hydrogens (tertiary/aromatic N) is 2. The Labute approximate surface area is 83.2 Å². The molecule has 1 heterocycles. The Morgan fingerprint density at radius 3 is 2.93 bits per heavy atom. The van der Waals surface area contributed by atoms with Gasteiger partial charge in [0.15, 0.2) is 5.75 Å². The molecule has 5 heteroatoms. The van der Waals surface area contributed by atoms with Crippen LogP contribution in [-0.4, -0.2) is 41.3 Å². The molecular weight excluding hydrogens is 184 g/mol. The van der Waals surface area contributed by atoms with E-state index < -0.39 is 0 Å². The quantitative estimate of drug-likeness (QED) is 0.643. The number of hydrogen-bond donors (Lipinski definition) is 1. The Hall–Kier alpha value is -1.07. The number of aliphatic hydroxyl groups excluding tert-OH is 1. The normalized spacial score (nSPS) is 10.4. The molecule has 5 nitrogen and oxygen atoms in total. The van der Waals surface area contributed by atoms with Crippen LogP contribution in [0.25, 0.3) is 0 Å². The minimum atomic E-state index is 0.0494. The van der Waals surface area contributed by atoms with Crippen LogP contribution in [0.4, 0.5) is 0 Å². The van der Waals surface area contributed by atoms with Crippen LogP contribution in [0.1, 0.15) is 6.92 Å². The molecule has 0 atom stereocenters. The smallest absolute Gasteiger partial charge is 0.157 e. The summed E-state index contributed by atoms with van der Waals surface area (Å²) in [6, 6.07) is 0. The van der Waals surface area contributed by atoms with Gasteiger partial charge in [0.1, 0.15) is 6.61 Å². The van der Waals surface area contributed by atoms with Crippen molar-refractivity contribution >= 4 is 0 Å². The van der Waals surface area contributed by atoms with Crippen molar-refractivity contribution in [3.05, 3.63) is 12.4 Å². The van der Waals surface area contributed by atoms with Crippen molar-refractivity contribution in [1.82, 2.24) is 9.78 Å². The lowest BCUT2D eigenvalue weighted by Gasteiger charge is -2.03. The van der Waals surface area contributed by atoms with E-state index in [9.17, 15) is 0 Å². The molecule has 0 aliphatic rings. The zero-order valence-electron chi connectivity index (χ0n) is 8.35. The fourth-order valence-electron chi connectivity index (χ4n) is 0.977. The van der Waals surface area contributed by atoms with E-state index in [1.807, 2.05) is 13.1 Å². The first-order chi connectivity index (χ1) is 6.86. The zero-order valence-corrected chi connectivity index (χ0v) is 8.35. The summed E-state index contributed by atoms with van der Waals surface area (Å²) in [6.07, 6.45) is 3.52. The van der Waals surface area contributed by atoms with Crippen molar-refractivity contribution in [3.63, 3.8) is 0 Å². The first-order valence-corrected chi connectivity index (χ1v) is 4.70. The summed E-state index contributed by atoms with van der Waals surface area (Å²) in [7, 11) is 0. The molecule has 1 N–H and O–H groups in total. The second-order valence-electron chi connectivity index (χ2n) is 2.72. The van der Waals surface area contributed by atoms with E-state index in [1.54, 1.807) is 10.9 Å². The Morgan fingerprint density at radius 1 is 1.43 bits per heavy atom. The highest BCUT2D eigenvalue weighted by atomic mass is 16.5. The zero-order chi connectivity index (χ0) is 10.2. The second-order valence-corrected chi connectivity index (χ2v) is 2.72. The number of hydrogen-bond acceptors (Lipinski definition) is 4. The van der Waals surface area contributed by atoms with Crippen LogP contribution in [0.3, 0.4) is 0 Å². The summed E-state index contributed by atoms with van der Waals surface area (Å²) in [5.74, 6) is 0.749. The van der Waals surface area contributed by atoms with Gasteiger partial charge >= 0.3 is 0 Å². The number of aryl methyl sites for hydroxylation is 1. The van der Waals surface area contributed by atoms with Crippen LogP contribution >= 0.6 is 0 Å². The molecule has 80 valence electrons. The molecular formula is C9H16N2O3. The van der Waals surface area contributed by atoms with Gasteiger partial charge in [-0.15, -0.1) is 0 Å². The summed E-state index contributed by atoms with van der Waals surface area (Å²) in [4.78, 5) is 0. The van der Waals surface area contributed by atoms with Crippen molar-refractivity contribution in [2.24, 2.45) is 0 Å². The van der Waals surface area contributed by atoms with Gasteiger partial charge < -0.3 is 14.6 Å². The van der Waals surface area contributed by atoms with Gasteiger partial charge in [-0.25, -0.2) is 0 Å². The molecule has 0 fully saturated rings. The average molecular weight is 200 g/mol. The van der Waals surface area contributed by atoms with Crippen LogP contribution in [-0.2, 0) is 11.3 Å². The maximum absolute atomic E-state index is 8.44. The molecule has 0 saturated heterocycles. The third-order valence-electron chi connectivity index (χ3n) is 1.67. The van der Waals surface area contributed by atoms with E-state index in [0.717, 1.165) is 12.3 Å². The first kappa shape index (κ1) is 11.0. The number of ether oxygens (including phenoxy) is 2. The first-order valence-electron chi connectivity index (χ1n) is 4.70. The standard InChI is InChI=1S/C9H16N2O3/c1-2-11-8-9(7-10-11)14-6-5-13-4-3-12/h7-8,12H,2-6H2,1H3. The Morgan fingerprint density at radius 2 is 2.29 bits per heavy atom. The van der Waals surface area contributed by atoms with E-state index in [2.05, 4.69) is 5.10 Å². The van der Waals surface area contributed by atoms with E-state index in [-0.39, 0.29) is 6.61 Å². The lowest BCUT2D eigenvalue weighted by atomic mass is 10.6. The highest BCUT2D eigenvalue weighted by molar-refractivity contribution is 5.11. The molecule has 1 rings (SSSR count). The van der Waals surface area contributed by atoms with Gasteiger partial charge in [0.05, 0.1) is 32.2 Å². The van der Waals surface area contributed by atoms with E-state index in [4.69, 9.17) is 14.6 Å². The molecule has 0 bridgehead atoms. The third-order valence-corrected chi connectivity index (χ3v) is 1.67. The van der Waals surface area contributed by atoms with E-state index in [1.165, 1.54) is 0 Å². The number of aromatic nitrogens is 2. The van der Waals surface area contributed by atoms with Gasteiger partial charge in [0, 0.05) is 6.54 Å². The van der Waals surface area contributed by atoms with Crippen molar-refractivity contribution < 1.29 is 14.6 Å². The van der Waals surface area contributed by atoms with Crippen LogP contribution in [0.15, 0.2) is 12.4 Å². The molecule has 0 spiro atoms. The van der Waals surface area contributed by atoms with Crippen molar-refractivity contribution in [3.8, 4) is 5.75 Å². The minimum Gasteiger partial charge on any atom is -0.488 e. The summed E-state index contributed by atoms with van der Waals surface area (Å²) < 4.78 is 12.2. The van der Waals surface area contributed by atoms with Crippen LogP contribution < -0.4 is 4.74 Å². The van der Waals surface area contributed by atoms with Crippen molar-refractivity contribution in [1.29, 1.82) is 0 Å². The molecule has 0 aliphatic carbocycles. The third kappa shape index (κ3) is 3.76.